The van der Waals surface area contributed by atoms with Gasteiger partial charge in [-0.1, -0.05) is 19.8 Å². The number of carbonyl (C=O) groups is 1. The number of rotatable bonds is 4. The predicted molar refractivity (Wildman–Crippen MR) is 75.8 cm³/mol. The molecule has 0 spiro atoms. The molecule has 1 aromatic heterocycles. The van der Waals surface area contributed by atoms with Gasteiger partial charge in [0.1, 0.15) is 5.69 Å². The summed E-state index contributed by atoms with van der Waals surface area (Å²) in [7, 11) is 0. The fraction of sp³-hybridized carbons (Fsp3) is 0.571. The first-order valence-electron chi connectivity index (χ1n) is 6.81. The molecule has 1 aromatic rings. The van der Waals surface area contributed by atoms with E-state index < -0.39 is 5.91 Å². The highest BCUT2D eigenvalue weighted by atomic mass is 16.1. The molecule has 2 atom stereocenters. The second kappa shape index (κ2) is 5.57. The minimum atomic E-state index is -0.512. The summed E-state index contributed by atoms with van der Waals surface area (Å²) in [6, 6.07) is 3.55. The van der Waals surface area contributed by atoms with Gasteiger partial charge in [-0.2, -0.15) is 0 Å². The van der Waals surface area contributed by atoms with Gasteiger partial charge in [0.2, 0.25) is 0 Å². The van der Waals surface area contributed by atoms with Gasteiger partial charge >= 0.3 is 0 Å². The van der Waals surface area contributed by atoms with Crippen LogP contribution < -0.4 is 16.8 Å². The van der Waals surface area contributed by atoms with E-state index in [2.05, 4.69) is 17.2 Å². The predicted octanol–water partition coefficient (Wildman–Crippen LogP) is 1.50. The molecule has 104 valence electrons. The van der Waals surface area contributed by atoms with Crippen LogP contribution in [0.3, 0.4) is 0 Å². The van der Waals surface area contributed by atoms with Crippen molar-refractivity contribution in [3.8, 4) is 0 Å². The summed E-state index contributed by atoms with van der Waals surface area (Å²) in [4.78, 5) is 15.1. The van der Waals surface area contributed by atoms with Crippen molar-refractivity contribution in [1.82, 2.24) is 4.98 Å². The van der Waals surface area contributed by atoms with Gasteiger partial charge in [-0.15, -0.1) is 0 Å². The van der Waals surface area contributed by atoms with Crippen molar-refractivity contribution in [2.75, 3.05) is 11.9 Å². The lowest BCUT2D eigenvalue weighted by molar-refractivity contribution is 0.0995. The number of carbonyl (C=O) groups excluding carboxylic acids is 1. The molecule has 0 aromatic carbocycles. The van der Waals surface area contributed by atoms with Crippen molar-refractivity contribution >= 4 is 11.6 Å². The third-order valence-corrected chi connectivity index (χ3v) is 4.22. The number of nitrogens with two attached hydrogens (primary N) is 2. The van der Waals surface area contributed by atoms with E-state index >= 15 is 0 Å². The normalized spacial score (nSPS) is 26.9. The smallest absolute Gasteiger partial charge is 0.267 e. The maximum absolute atomic E-state index is 11.2. The molecular weight excluding hydrogens is 240 g/mol. The maximum atomic E-state index is 11.2. The van der Waals surface area contributed by atoms with E-state index in [0.717, 1.165) is 12.1 Å². The zero-order valence-electron chi connectivity index (χ0n) is 11.4. The van der Waals surface area contributed by atoms with Crippen molar-refractivity contribution in [2.24, 2.45) is 17.4 Å². The van der Waals surface area contributed by atoms with Crippen LogP contribution in [0.5, 0.6) is 0 Å². The second-order valence-electron chi connectivity index (χ2n) is 5.43. The molecule has 0 saturated heterocycles. The molecule has 1 saturated carbocycles. The van der Waals surface area contributed by atoms with Gasteiger partial charge in [0.15, 0.2) is 0 Å². The number of primary amides is 1. The number of hydrogen-bond acceptors (Lipinski definition) is 4. The lowest BCUT2D eigenvalue weighted by atomic mass is 9.73. The van der Waals surface area contributed by atoms with Gasteiger partial charge in [-0.3, -0.25) is 9.78 Å². The lowest BCUT2D eigenvalue weighted by Crippen LogP contribution is -2.52. The van der Waals surface area contributed by atoms with Gasteiger partial charge in [0.25, 0.3) is 5.91 Å². The molecule has 2 rings (SSSR count). The Labute approximate surface area is 113 Å². The molecule has 1 amide bonds. The average molecular weight is 262 g/mol. The first-order valence-corrected chi connectivity index (χ1v) is 6.81. The van der Waals surface area contributed by atoms with Crippen LogP contribution in [0, 0.1) is 5.92 Å². The Bertz CT molecular complexity index is 463. The summed E-state index contributed by atoms with van der Waals surface area (Å²) < 4.78 is 0. The molecule has 19 heavy (non-hydrogen) atoms. The highest BCUT2D eigenvalue weighted by Gasteiger charge is 2.36. The number of hydrogen-bond donors (Lipinski definition) is 3. The van der Waals surface area contributed by atoms with E-state index in [0.29, 0.717) is 12.5 Å². The van der Waals surface area contributed by atoms with Crippen LogP contribution >= 0.6 is 0 Å². The molecule has 0 radical (unpaired) electrons. The summed E-state index contributed by atoms with van der Waals surface area (Å²) >= 11 is 0. The Morgan fingerprint density at radius 3 is 3.00 bits per heavy atom. The molecule has 5 nitrogen and oxygen atoms in total. The van der Waals surface area contributed by atoms with Gasteiger partial charge in [-0.05, 0) is 30.9 Å². The zero-order valence-corrected chi connectivity index (χ0v) is 11.4. The fourth-order valence-corrected chi connectivity index (χ4v) is 2.88. The first kappa shape index (κ1) is 13.8. The third kappa shape index (κ3) is 2.87. The molecule has 5 heteroatoms. The summed E-state index contributed by atoms with van der Waals surface area (Å²) in [5.74, 6) is -0.00131. The molecule has 1 fully saturated rings. The monoisotopic (exact) mass is 262 g/mol. The van der Waals surface area contributed by atoms with Crippen LogP contribution in [0.1, 0.15) is 43.1 Å². The SMILES string of the molecule is CC1CCCCC1(CN)Nc1ccnc(C(N)=O)c1. The summed E-state index contributed by atoms with van der Waals surface area (Å²) in [5, 5.41) is 3.52. The second-order valence-corrected chi connectivity index (χ2v) is 5.43. The van der Waals surface area contributed by atoms with Crippen molar-refractivity contribution in [1.29, 1.82) is 0 Å². The lowest BCUT2D eigenvalue weighted by Gasteiger charge is -2.43. The Kier molecular flexibility index (Phi) is 4.04. The van der Waals surface area contributed by atoms with Crippen molar-refractivity contribution < 1.29 is 4.79 Å². The van der Waals surface area contributed by atoms with Crippen LogP contribution in [0.4, 0.5) is 5.69 Å². The Morgan fingerprint density at radius 1 is 1.58 bits per heavy atom. The number of aromatic nitrogens is 1. The molecule has 0 aliphatic heterocycles. The van der Waals surface area contributed by atoms with Crippen molar-refractivity contribution in [2.45, 2.75) is 38.1 Å². The van der Waals surface area contributed by atoms with Gasteiger partial charge in [0.05, 0.1) is 5.54 Å². The molecule has 2 unspecified atom stereocenters. The Morgan fingerprint density at radius 2 is 2.37 bits per heavy atom. The largest absolute Gasteiger partial charge is 0.378 e. The topological polar surface area (TPSA) is 94.0 Å². The van der Waals surface area contributed by atoms with E-state index in [1.807, 2.05) is 6.07 Å². The summed E-state index contributed by atoms with van der Waals surface area (Å²) in [5.41, 5.74) is 12.3. The van der Waals surface area contributed by atoms with Gasteiger partial charge < -0.3 is 16.8 Å². The summed E-state index contributed by atoms with van der Waals surface area (Å²) in [6.07, 6.45) is 6.27. The van der Waals surface area contributed by atoms with Crippen LogP contribution in [0.25, 0.3) is 0 Å². The van der Waals surface area contributed by atoms with Crippen LogP contribution in [0.15, 0.2) is 18.3 Å². The van der Waals surface area contributed by atoms with Crippen molar-refractivity contribution in [3.63, 3.8) is 0 Å². The highest BCUT2D eigenvalue weighted by Crippen LogP contribution is 2.35. The van der Waals surface area contributed by atoms with E-state index in [1.165, 1.54) is 19.3 Å². The number of nitrogens with one attached hydrogen (secondary N) is 1. The van der Waals surface area contributed by atoms with E-state index in [4.69, 9.17) is 11.5 Å². The van der Waals surface area contributed by atoms with Gasteiger partial charge in [0, 0.05) is 18.4 Å². The number of pyridine rings is 1. The number of nitrogens with zero attached hydrogens (tertiary/aromatic N) is 1. The Hall–Kier alpha value is -1.62. The van der Waals surface area contributed by atoms with Crippen LogP contribution in [-0.4, -0.2) is 23.0 Å². The molecule has 1 heterocycles. The maximum Gasteiger partial charge on any atom is 0.267 e. The number of amides is 1. The standard InChI is InChI=1S/C14H22N4O/c1-10-4-2-3-6-14(10,9-15)18-11-5-7-17-12(8-11)13(16)19/h5,7-8,10H,2-4,6,9,15H2,1H3,(H2,16,19)(H,17,18). The zero-order chi connectivity index (χ0) is 13.9. The average Bonchev–Trinajstić information content (AvgIpc) is 2.42. The minimum Gasteiger partial charge on any atom is -0.378 e. The quantitative estimate of drug-likeness (QED) is 0.766. The van der Waals surface area contributed by atoms with Gasteiger partial charge in [-0.25, -0.2) is 0 Å². The van der Waals surface area contributed by atoms with E-state index in [9.17, 15) is 4.79 Å². The number of anilines is 1. The molecule has 1 aliphatic rings. The Balaban J connectivity index is 2.22. The van der Waals surface area contributed by atoms with Crippen LogP contribution in [-0.2, 0) is 0 Å². The fourth-order valence-electron chi connectivity index (χ4n) is 2.88. The van der Waals surface area contributed by atoms with Crippen molar-refractivity contribution in [3.05, 3.63) is 24.0 Å². The minimum absolute atomic E-state index is 0.0888. The highest BCUT2D eigenvalue weighted by molar-refractivity contribution is 5.91. The molecule has 5 N–H and O–H groups in total. The van der Waals surface area contributed by atoms with Crippen LogP contribution in [0.2, 0.25) is 0 Å². The van der Waals surface area contributed by atoms with E-state index in [1.54, 1.807) is 12.3 Å². The summed E-state index contributed by atoms with van der Waals surface area (Å²) in [6.45, 7) is 2.82. The molecule has 0 bridgehead atoms. The van der Waals surface area contributed by atoms with E-state index in [-0.39, 0.29) is 11.2 Å². The third-order valence-electron chi connectivity index (χ3n) is 4.22. The first-order chi connectivity index (χ1) is 9.07. The molecular formula is C14H22N4O. The molecule has 1 aliphatic carbocycles.